The fourth-order valence-corrected chi connectivity index (χ4v) is 1.93. The summed E-state index contributed by atoms with van der Waals surface area (Å²) in [7, 11) is 0. The highest BCUT2D eigenvalue weighted by Crippen LogP contribution is 2.31. The second kappa shape index (κ2) is 4.88. The quantitative estimate of drug-likeness (QED) is 0.740. The van der Waals surface area contributed by atoms with Gasteiger partial charge in [0, 0.05) is 11.1 Å². The topological polar surface area (TPSA) is 17.1 Å². The molecule has 0 atom stereocenters. The van der Waals surface area contributed by atoms with Crippen LogP contribution in [0.15, 0.2) is 30.3 Å². The Morgan fingerprint density at radius 3 is 2.37 bits per heavy atom. The average Bonchev–Trinajstić information content (AvgIpc) is 2.34. The monoisotopic (exact) mass is 264 g/mol. The lowest BCUT2D eigenvalue weighted by atomic mass is 9.95. The first-order valence-electron chi connectivity index (χ1n) is 5.67. The molecule has 1 nitrogen and oxygen atoms in total. The van der Waals surface area contributed by atoms with Crippen LogP contribution in [0.2, 0.25) is 0 Å². The molecule has 0 saturated carbocycles. The average molecular weight is 264 g/mol. The molecule has 2 rings (SSSR count). The Morgan fingerprint density at radius 1 is 1.05 bits per heavy atom. The van der Waals surface area contributed by atoms with E-state index in [0.29, 0.717) is 0 Å². The van der Waals surface area contributed by atoms with E-state index in [-0.39, 0.29) is 28.0 Å². The SMILES string of the molecule is CC(=O)c1ccc(F)cc1-c1c(F)ccc(C)c1F. The van der Waals surface area contributed by atoms with Crippen molar-refractivity contribution in [3.05, 3.63) is 58.9 Å². The van der Waals surface area contributed by atoms with Crippen molar-refractivity contribution in [2.45, 2.75) is 13.8 Å². The van der Waals surface area contributed by atoms with Gasteiger partial charge in [0.1, 0.15) is 17.5 Å². The van der Waals surface area contributed by atoms with Gasteiger partial charge in [-0.15, -0.1) is 0 Å². The van der Waals surface area contributed by atoms with Gasteiger partial charge in [-0.1, -0.05) is 6.07 Å². The molecule has 2 aromatic carbocycles. The molecule has 4 heteroatoms. The van der Waals surface area contributed by atoms with Gasteiger partial charge in [0.25, 0.3) is 0 Å². The van der Waals surface area contributed by atoms with Crippen LogP contribution in [0.5, 0.6) is 0 Å². The third kappa shape index (κ3) is 2.38. The number of ketones is 1. The van der Waals surface area contributed by atoms with Crippen molar-refractivity contribution < 1.29 is 18.0 Å². The fourth-order valence-electron chi connectivity index (χ4n) is 1.93. The van der Waals surface area contributed by atoms with Crippen molar-refractivity contribution in [3.8, 4) is 11.1 Å². The highest BCUT2D eigenvalue weighted by Gasteiger charge is 2.19. The third-order valence-corrected chi connectivity index (χ3v) is 2.91. The highest BCUT2D eigenvalue weighted by molar-refractivity contribution is 6.01. The normalized spacial score (nSPS) is 10.6. The molecule has 0 N–H and O–H groups in total. The first kappa shape index (κ1) is 13.3. The summed E-state index contributed by atoms with van der Waals surface area (Å²) in [6, 6.07) is 5.68. The predicted molar refractivity (Wildman–Crippen MR) is 66.5 cm³/mol. The zero-order chi connectivity index (χ0) is 14.2. The van der Waals surface area contributed by atoms with E-state index in [0.717, 1.165) is 18.2 Å². The van der Waals surface area contributed by atoms with Gasteiger partial charge in [-0.2, -0.15) is 0 Å². The van der Waals surface area contributed by atoms with E-state index in [4.69, 9.17) is 0 Å². The Balaban J connectivity index is 2.82. The molecule has 98 valence electrons. The maximum atomic E-state index is 14.0. The number of carbonyl (C=O) groups is 1. The molecule has 0 heterocycles. The molecule has 0 unspecified atom stereocenters. The third-order valence-electron chi connectivity index (χ3n) is 2.91. The van der Waals surface area contributed by atoms with Crippen molar-refractivity contribution in [1.82, 2.24) is 0 Å². The van der Waals surface area contributed by atoms with Gasteiger partial charge in [0.2, 0.25) is 0 Å². The van der Waals surface area contributed by atoms with Crippen LogP contribution in [-0.2, 0) is 0 Å². The van der Waals surface area contributed by atoms with Gasteiger partial charge in [-0.3, -0.25) is 4.79 Å². The highest BCUT2D eigenvalue weighted by atomic mass is 19.1. The van der Waals surface area contributed by atoms with Crippen molar-refractivity contribution in [2.75, 3.05) is 0 Å². The standard InChI is InChI=1S/C15H11F3O/c1-8-3-6-13(17)14(15(8)18)12-7-10(16)4-5-11(12)9(2)19/h3-7H,1-2H3. The van der Waals surface area contributed by atoms with Gasteiger partial charge in [0.05, 0.1) is 5.56 Å². The molecule has 0 fully saturated rings. The summed E-state index contributed by atoms with van der Waals surface area (Å²) >= 11 is 0. The summed E-state index contributed by atoms with van der Waals surface area (Å²) < 4.78 is 41.2. The molecule has 0 bridgehead atoms. The van der Waals surface area contributed by atoms with E-state index in [1.807, 2.05) is 0 Å². The smallest absolute Gasteiger partial charge is 0.160 e. The Kier molecular flexibility index (Phi) is 3.42. The number of halogens is 3. The molecular formula is C15H11F3O. The van der Waals surface area contributed by atoms with Crippen molar-refractivity contribution in [1.29, 1.82) is 0 Å². The summed E-state index contributed by atoms with van der Waals surface area (Å²) in [5.74, 6) is -2.64. The second-order valence-electron chi connectivity index (χ2n) is 4.30. The minimum atomic E-state index is -0.823. The van der Waals surface area contributed by atoms with Crippen LogP contribution >= 0.6 is 0 Å². The molecule has 0 saturated heterocycles. The predicted octanol–water partition coefficient (Wildman–Crippen LogP) is 4.28. The Hall–Kier alpha value is -2.10. The maximum absolute atomic E-state index is 14.0. The van der Waals surface area contributed by atoms with Crippen LogP contribution in [0.25, 0.3) is 11.1 Å². The second-order valence-corrected chi connectivity index (χ2v) is 4.30. The maximum Gasteiger partial charge on any atom is 0.160 e. The Morgan fingerprint density at radius 2 is 1.74 bits per heavy atom. The largest absolute Gasteiger partial charge is 0.294 e. The minimum Gasteiger partial charge on any atom is -0.294 e. The van der Waals surface area contributed by atoms with E-state index < -0.39 is 17.5 Å². The van der Waals surface area contributed by atoms with Gasteiger partial charge in [0.15, 0.2) is 5.78 Å². The zero-order valence-corrected chi connectivity index (χ0v) is 10.4. The number of rotatable bonds is 2. The molecule has 0 amide bonds. The molecule has 0 aliphatic rings. The van der Waals surface area contributed by atoms with Crippen LogP contribution in [0.4, 0.5) is 13.2 Å². The summed E-state index contributed by atoms with van der Waals surface area (Å²) in [4.78, 5) is 11.5. The molecule has 2 aromatic rings. The van der Waals surface area contributed by atoms with Crippen molar-refractivity contribution in [2.24, 2.45) is 0 Å². The number of benzene rings is 2. The van der Waals surface area contributed by atoms with Crippen molar-refractivity contribution in [3.63, 3.8) is 0 Å². The molecular weight excluding hydrogens is 253 g/mol. The number of hydrogen-bond donors (Lipinski definition) is 0. The van der Waals surface area contributed by atoms with Crippen LogP contribution < -0.4 is 0 Å². The summed E-state index contributed by atoms with van der Waals surface area (Å²) in [6.45, 7) is 2.74. The lowest BCUT2D eigenvalue weighted by molar-refractivity contribution is 0.101. The van der Waals surface area contributed by atoms with Crippen LogP contribution in [0.3, 0.4) is 0 Å². The molecule has 0 spiro atoms. The van der Waals surface area contributed by atoms with Gasteiger partial charge < -0.3 is 0 Å². The summed E-state index contributed by atoms with van der Waals surface area (Å²) in [6.07, 6.45) is 0. The lowest BCUT2D eigenvalue weighted by Gasteiger charge is -2.11. The number of aryl methyl sites for hydroxylation is 1. The van der Waals surface area contributed by atoms with Crippen LogP contribution in [0.1, 0.15) is 22.8 Å². The first-order chi connectivity index (χ1) is 8.91. The van der Waals surface area contributed by atoms with Crippen LogP contribution in [-0.4, -0.2) is 5.78 Å². The first-order valence-corrected chi connectivity index (χ1v) is 5.67. The Labute approximate surface area is 108 Å². The number of hydrogen-bond acceptors (Lipinski definition) is 1. The lowest BCUT2D eigenvalue weighted by Crippen LogP contribution is -2.01. The van der Waals surface area contributed by atoms with E-state index >= 15 is 0 Å². The molecule has 0 aliphatic carbocycles. The van der Waals surface area contributed by atoms with Crippen LogP contribution in [0, 0.1) is 24.4 Å². The Bertz CT molecular complexity index is 663. The van der Waals surface area contributed by atoms with Crippen molar-refractivity contribution >= 4 is 5.78 Å². The molecule has 0 aliphatic heterocycles. The summed E-state index contributed by atoms with van der Waals surface area (Å²) in [5, 5.41) is 0. The zero-order valence-electron chi connectivity index (χ0n) is 10.4. The minimum absolute atomic E-state index is 0.0637. The van der Waals surface area contributed by atoms with Gasteiger partial charge in [-0.25, -0.2) is 13.2 Å². The fraction of sp³-hybridized carbons (Fsp3) is 0.133. The van der Waals surface area contributed by atoms with E-state index in [1.54, 1.807) is 0 Å². The van der Waals surface area contributed by atoms with E-state index in [9.17, 15) is 18.0 Å². The molecule has 0 aromatic heterocycles. The van der Waals surface area contributed by atoms with Gasteiger partial charge >= 0.3 is 0 Å². The van der Waals surface area contributed by atoms with E-state index in [1.165, 1.54) is 26.0 Å². The van der Waals surface area contributed by atoms with Gasteiger partial charge in [-0.05, 0) is 43.7 Å². The molecule has 19 heavy (non-hydrogen) atoms. The number of Topliss-reactive ketones (excluding diaryl/α,β-unsaturated/α-hetero) is 1. The summed E-state index contributed by atoms with van der Waals surface area (Å²) in [5.41, 5.74) is -0.115. The number of carbonyl (C=O) groups excluding carboxylic acids is 1. The van der Waals surface area contributed by atoms with E-state index in [2.05, 4.69) is 0 Å². The molecule has 0 radical (unpaired) electrons.